The molecule has 1 fully saturated rings. The molecule has 6 heteroatoms. The van der Waals surface area contributed by atoms with Crippen molar-refractivity contribution in [1.29, 1.82) is 0 Å². The van der Waals surface area contributed by atoms with E-state index in [-0.39, 0.29) is 10.3 Å². The Kier molecular flexibility index (Phi) is 4.65. The van der Waals surface area contributed by atoms with Gasteiger partial charge in [-0.3, -0.25) is 4.98 Å². The van der Waals surface area contributed by atoms with Gasteiger partial charge in [-0.2, -0.15) is 0 Å². The van der Waals surface area contributed by atoms with Crippen molar-refractivity contribution in [2.45, 2.75) is 44.4 Å². The summed E-state index contributed by atoms with van der Waals surface area (Å²) < 4.78 is 27.6. The van der Waals surface area contributed by atoms with E-state index in [1.54, 1.807) is 12.3 Å². The Morgan fingerprint density at radius 1 is 1.35 bits per heavy atom. The standard InChI is InChI=1S/C14H23N3O2S/c1-3-16-12-6-9-15-10-13(12)20(18,19)17-11-14(2)7-4-5-8-14/h6,9-10,17H,3-5,7-8,11H2,1-2H3,(H,15,16). The molecule has 0 spiro atoms. The van der Waals surface area contributed by atoms with Crippen LogP contribution in [0.25, 0.3) is 0 Å². The molecule has 1 aliphatic rings. The maximum absolute atomic E-state index is 12.4. The van der Waals surface area contributed by atoms with Gasteiger partial charge < -0.3 is 5.32 Å². The Labute approximate surface area is 121 Å². The van der Waals surface area contributed by atoms with Crippen LogP contribution in [0.3, 0.4) is 0 Å². The van der Waals surface area contributed by atoms with Gasteiger partial charge >= 0.3 is 0 Å². The minimum absolute atomic E-state index is 0.0909. The molecule has 20 heavy (non-hydrogen) atoms. The number of hydrogen-bond donors (Lipinski definition) is 2. The first-order valence-electron chi connectivity index (χ1n) is 7.14. The van der Waals surface area contributed by atoms with E-state index >= 15 is 0 Å². The zero-order chi connectivity index (χ0) is 14.6. The first-order chi connectivity index (χ1) is 9.47. The van der Waals surface area contributed by atoms with Crippen LogP contribution in [0, 0.1) is 5.41 Å². The van der Waals surface area contributed by atoms with Gasteiger partial charge in [0.1, 0.15) is 4.90 Å². The number of nitrogens with one attached hydrogen (secondary N) is 2. The fraction of sp³-hybridized carbons (Fsp3) is 0.643. The molecule has 1 saturated carbocycles. The van der Waals surface area contributed by atoms with Gasteiger partial charge in [0.05, 0.1) is 5.69 Å². The number of aromatic nitrogens is 1. The lowest BCUT2D eigenvalue weighted by Crippen LogP contribution is -2.34. The van der Waals surface area contributed by atoms with Crippen molar-refractivity contribution in [1.82, 2.24) is 9.71 Å². The van der Waals surface area contributed by atoms with Crippen molar-refractivity contribution in [2.75, 3.05) is 18.4 Å². The van der Waals surface area contributed by atoms with Gasteiger partial charge in [0.25, 0.3) is 0 Å². The van der Waals surface area contributed by atoms with Crippen molar-refractivity contribution in [2.24, 2.45) is 5.41 Å². The van der Waals surface area contributed by atoms with Crippen molar-refractivity contribution in [3.63, 3.8) is 0 Å². The summed E-state index contributed by atoms with van der Waals surface area (Å²) in [5.41, 5.74) is 0.694. The summed E-state index contributed by atoms with van der Waals surface area (Å²) >= 11 is 0. The van der Waals surface area contributed by atoms with Gasteiger partial charge in [0.2, 0.25) is 10.0 Å². The van der Waals surface area contributed by atoms with Gasteiger partial charge in [-0.15, -0.1) is 0 Å². The van der Waals surface area contributed by atoms with E-state index in [9.17, 15) is 8.42 Å². The van der Waals surface area contributed by atoms with E-state index in [0.717, 1.165) is 12.8 Å². The molecule has 5 nitrogen and oxygen atoms in total. The maximum atomic E-state index is 12.4. The fourth-order valence-corrected chi connectivity index (χ4v) is 4.01. The minimum atomic E-state index is -3.51. The lowest BCUT2D eigenvalue weighted by atomic mass is 9.89. The summed E-state index contributed by atoms with van der Waals surface area (Å²) in [6, 6.07) is 1.69. The highest BCUT2D eigenvalue weighted by Crippen LogP contribution is 2.37. The third kappa shape index (κ3) is 3.49. The second-order valence-corrected chi connectivity index (χ2v) is 7.48. The minimum Gasteiger partial charge on any atom is -0.384 e. The van der Waals surface area contributed by atoms with Crippen LogP contribution in [-0.2, 0) is 10.0 Å². The van der Waals surface area contributed by atoms with E-state index in [1.807, 2.05) is 6.92 Å². The molecule has 2 N–H and O–H groups in total. The predicted octanol–water partition coefficient (Wildman–Crippen LogP) is 2.37. The predicted molar refractivity (Wildman–Crippen MR) is 80.2 cm³/mol. The number of anilines is 1. The molecule has 2 rings (SSSR count). The SMILES string of the molecule is CCNc1ccncc1S(=O)(=O)NCC1(C)CCCC1. The molecular weight excluding hydrogens is 274 g/mol. The molecule has 0 aliphatic heterocycles. The van der Waals surface area contributed by atoms with E-state index in [1.165, 1.54) is 19.0 Å². The smallest absolute Gasteiger partial charge is 0.244 e. The number of nitrogens with zero attached hydrogens (tertiary/aromatic N) is 1. The quantitative estimate of drug-likeness (QED) is 0.845. The Morgan fingerprint density at radius 3 is 2.70 bits per heavy atom. The zero-order valence-corrected chi connectivity index (χ0v) is 13.0. The highest BCUT2D eigenvalue weighted by Gasteiger charge is 2.30. The maximum Gasteiger partial charge on any atom is 0.244 e. The normalized spacial score (nSPS) is 18.1. The fourth-order valence-electron chi connectivity index (χ4n) is 2.68. The summed E-state index contributed by atoms with van der Waals surface area (Å²) in [5, 5.41) is 3.06. The molecule has 0 unspecified atom stereocenters. The number of pyridine rings is 1. The third-order valence-corrected chi connectivity index (χ3v) is 5.37. The Hall–Kier alpha value is -1.14. The summed E-state index contributed by atoms with van der Waals surface area (Å²) in [5.74, 6) is 0. The first-order valence-corrected chi connectivity index (χ1v) is 8.63. The highest BCUT2D eigenvalue weighted by atomic mass is 32.2. The molecule has 112 valence electrons. The summed E-state index contributed by atoms with van der Waals surface area (Å²) in [4.78, 5) is 4.16. The van der Waals surface area contributed by atoms with Crippen LogP contribution in [0.15, 0.2) is 23.4 Å². The Morgan fingerprint density at radius 2 is 2.05 bits per heavy atom. The largest absolute Gasteiger partial charge is 0.384 e. The molecule has 0 radical (unpaired) electrons. The third-order valence-electron chi connectivity index (χ3n) is 3.94. The van der Waals surface area contributed by atoms with Crippen LogP contribution in [-0.4, -0.2) is 26.5 Å². The van der Waals surface area contributed by atoms with E-state index in [2.05, 4.69) is 21.9 Å². The molecule has 0 atom stereocenters. The summed E-state index contributed by atoms with van der Waals surface area (Å²) in [7, 11) is -3.51. The van der Waals surface area contributed by atoms with E-state index in [4.69, 9.17) is 0 Å². The zero-order valence-electron chi connectivity index (χ0n) is 12.1. The van der Waals surface area contributed by atoms with Crippen LogP contribution in [0.4, 0.5) is 5.69 Å². The van der Waals surface area contributed by atoms with Gasteiger partial charge in [-0.05, 0) is 31.2 Å². The van der Waals surface area contributed by atoms with Crippen LogP contribution in [0.2, 0.25) is 0 Å². The second kappa shape index (κ2) is 6.10. The van der Waals surface area contributed by atoms with Gasteiger partial charge in [-0.1, -0.05) is 19.8 Å². The molecule has 1 aromatic rings. The number of hydrogen-bond acceptors (Lipinski definition) is 4. The summed E-state index contributed by atoms with van der Waals surface area (Å²) in [6.45, 7) is 5.25. The van der Waals surface area contributed by atoms with Crippen molar-refractivity contribution >= 4 is 15.7 Å². The van der Waals surface area contributed by atoms with Gasteiger partial charge in [0, 0.05) is 25.5 Å². The molecule has 1 aromatic heterocycles. The van der Waals surface area contributed by atoms with Crippen LogP contribution < -0.4 is 10.0 Å². The number of sulfonamides is 1. The lowest BCUT2D eigenvalue weighted by Gasteiger charge is -2.24. The molecule has 1 aliphatic carbocycles. The molecule has 0 aromatic carbocycles. The van der Waals surface area contributed by atoms with E-state index in [0.29, 0.717) is 18.8 Å². The highest BCUT2D eigenvalue weighted by molar-refractivity contribution is 7.89. The van der Waals surface area contributed by atoms with Crippen molar-refractivity contribution in [3.8, 4) is 0 Å². The molecule has 0 amide bonds. The topological polar surface area (TPSA) is 71.1 Å². The average Bonchev–Trinajstić information content (AvgIpc) is 2.85. The van der Waals surface area contributed by atoms with Gasteiger partial charge in [-0.25, -0.2) is 13.1 Å². The average molecular weight is 297 g/mol. The molecule has 0 saturated heterocycles. The Bertz CT molecular complexity index is 551. The molecule has 0 bridgehead atoms. The Balaban J connectivity index is 2.14. The van der Waals surface area contributed by atoms with Crippen LogP contribution in [0.1, 0.15) is 39.5 Å². The van der Waals surface area contributed by atoms with Gasteiger partial charge in [0.15, 0.2) is 0 Å². The lowest BCUT2D eigenvalue weighted by molar-refractivity contribution is 0.336. The second-order valence-electron chi connectivity index (χ2n) is 5.74. The van der Waals surface area contributed by atoms with Crippen LogP contribution in [0.5, 0.6) is 0 Å². The van der Waals surface area contributed by atoms with Crippen LogP contribution >= 0.6 is 0 Å². The molecular formula is C14H23N3O2S. The number of rotatable bonds is 6. The van der Waals surface area contributed by atoms with Crippen molar-refractivity contribution in [3.05, 3.63) is 18.5 Å². The first kappa shape index (κ1) is 15.3. The monoisotopic (exact) mass is 297 g/mol. The van der Waals surface area contributed by atoms with E-state index < -0.39 is 10.0 Å². The summed E-state index contributed by atoms with van der Waals surface area (Å²) in [6.07, 6.45) is 7.54. The van der Waals surface area contributed by atoms with Crippen molar-refractivity contribution < 1.29 is 8.42 Å². The molecule has 1 heterocycles.